The lowest BCUT2D eigenvalue weighted by Crippen LogP contribution is -2.25. The Morgan fingerprint density at radius 1 is 1.62 bits per heavy atom. The van der Waals surface area contributed by atoms with Crippen molar-refractivity contribution in [3.8, 4) is 0 Å². The topological polar surface area (TPSA) is 51.2 Å². The Morgan fingerprint density at radius 2 is 2.44 bits per heavy atom. The molecule has 86 valence electrons. The summed E-state index contributed by atoms with van der Waals surface area (Å²) in [7, 11) is 0. The number of aromatic nitrogens is 1. The lowest BCUT2D eigenvalue weighted by molar-refractivity contribution is 0.0950. The number of nitrogens with zero attached hydrogens (tertiary/aromatic N) is 1. The average molecular weight is 285 g/mol. The molecule has 0 saturated heterocycles. The number of amides is 1. The summed E-state index contributed by atoms with van der Waals surface area (Å²) >= 11 is 3.26. The van der Waals surface area contributed by atoms with E-state index in [1.54, 1.807) is 12.3 Å². The third-order valence-corrected chi connectivity index (χ3v) is 2.24. The van der Waals surface area contributed by atoms with Gasteiger partial charge in [0.05, 0.1) is 18.4 Å². The van der Waals surface area contributed by atoms with Crippen LogP contribution >= 0.6 is 15.9 Å². The molecule has 1 N–H and O–H groups in total. The third kappa shape index (κ3) is 4.44. The summed E-state index contributed by atoms with van der Waals surface area (Å²) in [5.74, 6) is -0.132. The van der Waals surface area contributed by atoms with E-state index in [4.69, 9.17) is 4.74 Å². The van der Waals surface area contributed by atoms with Gasteiger partial charge >= 0.3 is 0 Å². The predicted octanol–water partition coefficient (Wildman–Crippen LogP) is 2.12. The van der Waals surface area contributed by atoms with Crippen LogP contribution in [0.5, 0.6) is 0 Å². The highest BCUT2D eigenvalue weighted by molar-refractivity contribution is 9.10. The van der Waals surface area contributed by atoms with Gasteiger partial charge < -0.3 is 10.1 Å². The van der Waals surface area contributed by atoms with E-state index in [-0.39, 0.29) is 5.91 Å². The molecule has 0 radical (unpaired) electrons. The van der Waals surface area contributed by atoms with Gasteiger partial charge in [-0.25, -0.2) is 0 Å². The molecule has 0 spiro atoms. The standard InChI is InChI=1S/C11H13BrN2O2/c1-2-16-5-3-4-14-11(15)9-6-10(12)8-13-7-9/h2,6-8H,1,3-5H2,(H,14,15). The highest BCUT2D eigenvalue weighted by Gasteiger charge is 2.04. The van der Waals surface area contributed by atoms with Crippen LogP contribution < -0.4 is 5.32 Å². The van der Waals surface area contributed by atoms with Gasteiger partial charge in [0.2, 0.25) is 0 Å². The molecule has 5 heteroatoms. The van der Waals surface area contributed by atoms with Gasteiger partial charge in [0.15, 0.2) is 0 Å². The molecule has 0 saturated carbocycles. The first-order chi connectivity index (χ1) is 7.74. The van der Waals surface area contributed by atoms with Crippen molar-refractivity contribution < 1.29 is 9.53 Å². The van der Waals surface area contributed by atoms with Crippen molar-refractivity contribution in [2.75, 3.05) is 13.2 Å². The zero-order valence-corrected chi connectivity index (χ0v) is 10.4. The molecule has 1 amide bonds. The van der Waals surface area contributed by atoms with Gasteiger partial charge in [-0.1, -0.05) is 6.58 Å². The number of pyridine rings is 1. The maximum absolute atomic E-state index is 11.6. The number of rotatable bonds is 6. The highest BCUT2D eigenvalue weighted by atomic mass is 79.9. The van der Waals surface area contributed by atoms with Crippen LogP contribution in [-0.2, 0) is 4.74 Å². The van der Waals surface area contributed by atoms with Crippen molar-refractivity contribution in [1.29, 1.82) is 0 Å². The Bertz CT molecular complexity index is 369. The molecule has 1 heterocycles. The van der Waals surface area contributed by atoms with Crippen LogP contribution in [0.4, 0.5) is 0 Å². The second-order valence-corrected chi connectivity index (χ2v) is 3.95. The van der Waals surface area contributed by atoms with Gasteiger partial charge in [-0.15, -0.1) is 0 Å². The summed E-state index contributed by atoms with van der Waals surface area (Å²) in [4.78, 5) is 15.5. The Labute approximate surface area is 103 Å². The molecule has 0 bridgehead atoms. The van der Waals surface area contributed by atoms with Gasteiger partial charge in [-0.05, 0) is 28.4 Å². The number of carbonyl (C=O) groups is 1. The lowest BCUT2D eigenvalue weighted by atomic mass is 10.2. The van der Waals surface area contributed by atoms with Crippen LogP contribution in [0.25, 0.3) is 0 Å². The van der Waals surface area contributed by atoms with E-state index >= 15 is 0 Å². The van der Waals surface area contributed by atoms with E-state index in [0.29, 0.717) is 18.7 Å². The molecule has 0 atom stereocenters. The van der Waals surface area contributed by atoms with Crippen molar-refractivity contribution in [3.63, 3.8) is 0 Å². The molecule has 0 aliphatic heterocycles. The minimum Gasteiger partial charge on any atom is -0.502 e. The maximum atomic E-state index is 11.6. The summed E-state index contributed by atoms with van der Waals surface area (Å²) in [5.41, 5.74) is 0.541. The van der Waals surface area contributed by atoms with E-state index < -0.39 is 0 Å². The fourth-order valence-corrected chi connectivity index (χ4v) is 1.44. The van der Waals surface area contributed by atoms with Crippen LogP contribution in [-0.4, -0.2) is 24.0 Å². The number of ether oxygens (including phenoxy) is 1. The summed E-state index contributed by atoms with van der Waals surface area (Å²) in [6, 6.07) is 1.72. The summed E-state index contributed by atoms with van der Waals surface area (Å²) < 4.78 is 5.72. The van der Waals surface area contributed by atoms with Crippen molar-refractivity contribution in [2.45, 2.75) is 6.42 Å². The van der Waals surface area contributed by atoms with Crippen molar-refractivity contribution >= 4 is 21.8 Å². The van der Waals surface area contributed by atoms with Gasteiger partial charge in [0.25, 0.3) is 5.91 Å². The summed E-state index contributed by atoms with van der Waals surface area (Å²) in [5, 5.41) is 2.77. The van der Waals surface area contributed by atoms with Gasteiger partial charge in [0, 0.05) is 23.4 Å². The normalized spacial score (nSPS) is 9.56. The summed E-state index contributed by atoms with van der Waals surface area (Å²) in [6.07, 6.45) is 5.30. The Morgan fingerprint density at radius 3 is 3.12 bits per heavy atom. The summed E-state index contributed by atoms with van der Waals surface area (Å²) in [6.45, 7) is 4.55. The van der Waals surface area contributed by atoms with E-state index in [1.165, 1.54) is 12.5 Å². The largest absolute Gasteiger partial charge is 0.502 e. The molecule has 0 aromatic carbocycles. The first kappa shape index (κ1) is 12.7. The van der Waals surface area contributed by atoms with Crippen LogP contribution in [0.1, 0.15) is 16.8 Å². The van der Waals surface area contributed by atoms with Crippen molar-refractivity contribution in [2.24, 2.45) is 0 Å². The number of hydrogen-bond donors (Lipinski definition) is 1. The van der Waals surface area contributed by atoms with Gasteiger partial charge in [-0.3, -0.25) is 9.78 Å². The van der Waals surface area contributed by atoms with Crippen LogP contribution in [0.3, 0.4) is 0 Å². The first-order valence-corrected chi connectivity index (χ1v) is 5.64. The quantitative estimate of drug-likeness (QED) is 0.643. The number of nitrogens with one attached hydrogen (secondary N) is 1. The molecule has 16 heavy (non-hydrogen) atoms. The zero-order chi connectivity index (χ0) is 11.8. The van der Waals surface area contributed by atoms with E-state index in [1.807, 2.05) is 0 Å². The van der Waals surface area contributed by atoms with Crippen LogP contribution in [0.15, 0.2) is 35.8 Å². The Hall–Kier alpha value is -1.36. The fourth-order valence-electron chi connectivity index (χ4n) is 1.08. The molecule has 0 unspecified atom stereocenters. The van der Waals surface area contributed by atoms with Gasteiger partial charge in [-0.2, -0.15) is 0 Å². The maximum Gasteiger partial charge on any atom is 0.252 e. The average Bonchev–Trinajstić information content (AvgIpc) is 2.28. The monoisotopic (exact) mass is 284 g/mol. The van der Waals surface area contributed by atoms with Crippen molar-refractivity contribution in [3.05, 3.63) is 41.3 Å². The third-order valence-electron chi connectivity index (χ3n) is 1.81. The molecule has 0 aliphatic rings. The molecule has 1 aromatic heterocycles. The van der Waals surface area contributed by atoms with Crippen molar-refractivity contribution in [1.82, 2.24) is 10.3 Å². The molecule has 0 fully saturated rings. The first-order valence-electron chi connectivity index (χ1n) is 4.85. The van der Waals surface area contributed by atoms with Gasteiger partial charge in [0.1, 0.15) is 0 Å². The second kappa shape index (κ2) is 7.00. The molecular weight excluding hydrogens is 272 g/mol. The molecule has 1 rings (SSSR count). The smallest absolute Gasteiger partial charge is 0.252 e. The predicted molar refractivity (Wildman–Crippen MR) is 65.0 cm³/mol. The molecular formula is C11H13BrN2O2. The number of hydrogen-bond acceptors (Lipinski definition) is 3. The molecule has 4 nitrogen and oxygen atoms in total. The SMILES string of the molecule is C=COCCCNC(=O)c1cncc(Br)c1. The van der Waals surface area contributed by atoms with Crippen LogP contribution in [0, 0.1) is 0 Å². The minimum atomic E-state index is -0.132. The molecule has 0 aliphatic carbocycles. The highest BCUT2D eigenvalue weighted by Crippen LogP contribution is 2.09. The second-order valence-electron chi connectivity index (χ2n) is 3.04. The number of carbonyl (C=O) groups excluding carboxylic acids is 1. The van der Waals surface area contributed by atoms with E-state index in [9.17, 15) is 4.79 Å². The van der Waals surface area contributed by atoms with E-state index in [0.717, 1.165) is 10.9 Å². The molecule has 1 aromatic rings. The fraction of sp³-hybridized carbons (Fsp3) is 0.273. The van der Waals surface area contributed by atoms with Crippen LogP contribution in [0.2, 0.25) is 0 Å². The zero-order valence-electron chi connectivity index (χ0n) is 8.78. The Kier molecular flexibility index (Phi) is 5.56. The van der Waals surface area contributed by atoms with E-state index in [2.05, 4.69) is 32.8 Å². The number of halogens is 1. The minimum absolute atomic E-state index is 0.132. The lowest BCUT2D eigenvalue weighted by Gasteiger charge is -2.04. The Balaban J connectivity index is 2.32.